The van der Waals surface area contributed by atoms with E-state index in [-0.39, 0.29) is 34.3 Å². The summed E-state index contributed by atoms with van der Waals surface area (Å²) in [4.78, 5) is 25.2. The summed E-state index contributed by atoms with van der Waals surface area (Å²) in [5.41, 5.74) is -1.11. The van der Waals surface area contributed by atoms with E-state index in [1.165, 1.54) is 29.8 Å². The molecular formula is C21H21ClF2N4O3. The predicted molar refractivity (Wildman–Crippen MR) is 113 cm³/mol. The lowest BCUT2D eigenvalue weighted by atomic mass is 10.1. The van der Waals surface area contributed by atoms with Gasteiger partial charge in [-0.15, -0.1) is 0 Å². The van der Waals surface area contributed by atoms with Crippen LogP contribution in [0.3, 0.4) is 0 Å². The van der Waals surface area contributed by atoms with Crippen LogP contribution in [0.2, 0.25) is 5.02 Å². The van der Waals surface area contributed by atoms with Gasteiger partial charge in [0.05, 0.1) is 22.9 Å². The number of rotatable bonds is 7. The number of amides is 1. The summed E-state index contributed by atoms with van der Waals surface area (Å²) in [5.74, 6) is -2.00. The zero-order valence-electron chi connectivity index (χ0n) is 17.2. The average Bonchev–Trinajstić information content (AvgIpc) is 2.98. The summed E-state index contributed by atoms with van der Waals surface area (Å²) < 4.78 is 36.9. The molecule has 0 aliphatic heterocycles. The van der Waals surface area contributed by atoms with Crippen molar-refractivity contribution in [2.45, 2.75) is 26.7 Å². The number of ether oxygens (including phenoxy) is 1. The van der Waals surface area contributed by atoms with Crippen molar-refractivity contribution in [2.24, 2.45) is 7.05 Å². The van der Waals surface area contributed by atoms with Gasteiger partial charge in [0.2, 0.25) is 0 Å². The molecule has 0 unspecified atom stereocenters. The number of para-hydroxylation sites is 1. The van der Waals surface area contributed by atoms with Crippen molar-refractivity contribution in [3.8, 4) is 11.4 Å². The van der Waals surface area contributed by atoms with E-state index in [2.05, 4.69) is 10.4 Å². The molecule has 1 heterocycles. The van der Waals surface area contributed by atoms with Crippen molar-refractivity contribution >= 4 is 23.2 Å². The Hall–Kier alpha value is -3.20. The zero-order valence-corrected chi connectivity index (χ0v) is 18.0. The molecule has 0 saturated carbocycles. The molecule has 0 saturated heterocycles. The summed E-state index contributed by atoms with van der Waals surface area (Å²) in [5, 5.41) is 6.40. The Kier molecular flexibility index (Phi) is 6.74. The Balaban J connectivity index is 2.06. The normalized spacial score (nSPS) is 10.9. The van der Waals surface area contributed by atoms with E-state index in [1.54, 1.807) is 6.92 Å². The first-order chi connectivity index (χ1) is 14.7. The standard InChI is InChI=1S/C21H21ClF2N4O3/c1-4-5-9-31-18-11-17(28-21(30)27(3)12(2)26-28)16(24)10-13(18)20(29)25-19-14(22)7-6-8-15(19)23/h6-8,10-11H,4-5,9H2,1-3H3,(H,25,29). The molecule has 2 aromatic carbocycles. The largest absolute Gasteiger partial charge is 0.493 e. The molecule has 1 N–H and O–H groups in total. The van der Waals surface area contributed by atoms with Gasteiger partial charge >= 0.3 is 5.69 Å². The van der Waals surface area contributed by atoms with E-state index < -0.39 is 23.2 Å². The molecular weight excluding hydrogens is 430 g/mol. The molecule has 0 spiro atoms. The van der Waals surface area contributed by atoms with Gasteiger partial charge in [0.1, 0.15) is 28.9 Å². The van der Waals surface area contributed by atoms with Crippen LogP contribution in [-0.4, -0.2) is 26.9 Å². The number of hydrogen-bond donors (Lipinski definition) is 1. The minimum atomic E-state index is -0.868. The number of carbonyl (C=O) groups is 1. The molecule has 1 aromatic heterocycles. The maximum Gasteiger partial charge on any atom is 0.350 e. The molecule has 0 atom stereocenters. The molecule has 31 heavy (non-hydrogen) atoms. The van der Waals surface area contributed by atoms with E-state index in [0.29, 0.717) is 12.2 Å². The number of nitrogens with zero attached hydrogens (tertiary/aromatic N) is 3. The maximum atomic E-state index is 14.9. The van der Waals surface area contributed by atoms with Crippen LogP contribution in [-0.2, 0) is 7.05 Å². The van der Waals surface area contributed by atoms with Crippen LogP contribution >= 0.6 is 11.6 Å². The van der Waals surface area contributed by atoms with Crippen LogP contribution in [0.1, 0.15) is 35.9 Å². The number of unbranched alkanes of at least 4 members (excludes halogenated alkanes) is 1. The van der Waals surface area contributed by atoms with Gasteiger partial charge in [-0.25, -0.2) is 13.6 Å². The molecule has 0 bridgehead atoms. The first-order valence-electron chi connectivity index (χ1n) is 9.59. The molecule has 0 radical (unpaired) electrons. The van der Waals surface area contributed by atoms with Gasteiger partial charge in [0.25, 0.3) is 5.91 Å². The van der Waals surface area contributed by atoms with Crippen molar-refractivity contribution < 1.29 is 18.3 Å². The number of hydrogen-bond acceptors (Lipinski definition) is 4. The number of anilines is 1. The van der Waals surface area contributed by atoms with Crippen molar-refractivity contribution in [3.63, 3.8) is 0 Å². The number of aryl methyl sites for hydroxylation is 1. The summed E-state index contributed by atoms with van der Waals surface area (Å²) in [6, 6.07) is 6.11. The first kappa shape index (κ1) is 22.5. The van der Waals surface area contributed by atoms with Crippen LogP contribution in [0, 0.1) is 18.6 Å². The SMILES string of the molecule is CCCCOc1cc(-n2nc(C)n(C)c2=O)c(F)cc1C(=O)Nc1c(F)cccc1Cl. The van der Waals surface area contributed by atoms with Gasteiger partial charge in [-0.1, -0.05) is 31.0 Å². The predicted octanol–water partition coefficient (Wildman–Crippen LogP) is 4.24. The molecule has 0 fully saturated rings. The second-order valence-corrected chi connectivity index (χ2v) is 7.26. The van der Waals surface area contributed by atoms with Gasteiger partial charge < -0.3 is 10.1 Å². The monoisotopic (exact) mass is 450 g/mol. The molecule has 7 nitrogen and oxygen atoms in total. The Morgan fingerprint density at radius 2 is 2.00 bits per heavy atom. The van der Waals surface area contributed by atoms with Gasteiger partial charge in [-0.3, -0.25) is 9.36 Å². The lowest BCUT2D eigenvalue weighted by Crippen LogP contribution is -2.23. The Morgan fingerprint density at radius 1 is 1.26 bits per heavy atom. The number of nitrogens with one attached hydrogen (secondary N) is 1. The van der Waals surface area contributed by atoms with Crippen molar-refractivity contribution in [1.82, 2.24) is 14.3 Å². The first-order valence-corrected chi connectivity index (χ1v) is 9.97. The van der Waals surface area contributed by atoms with Crippen LogP contribution in [0.25, 0.3) is 5.69 Å². The lowest BCUT2D eigenvalue weighted by molar-refractivity contribution is 0.102. The summed E-state index contributed by atoms with van der Waals surface area (Å²) in [7, 11) is 1.51. The highest BCUT2D eigenvalue weighted by molar-refractivity contribution is 6.34. The fourth-order valence-corrected chi connectivity index (χ4v) is 3.03. The van der Waals surface area contributed by atoms with E-state index in [9.17, 15) is 18.4 Å². The van der Waals surface area contributed by atoms with Gasteiger partial charge in [0.15, 0.2) is 0 Å². The Morgan fingerprint density at radius 3 is 2.61 bits per heavy atom. The minimum Gasteiger partial charge on any atom is -0.493 e. The van der Waals surface area contributed by atoms with E-state index in [4.69, 9.17) is 16.3 Å². The maximum absolute atomic E-state index is 14.9. The van der Waals surface area contributed by atoms with Gasteiger partial charge in [-0.2, -0.15) is 9.78 Å². The van der Waals surface area contributed by atoms with Crippen LogP contribution < -0.4 is 15.7 Å². The zero-order chi connectivity index (χ0) is 22.7. The third-order valence-electron chi connectivity index (χ3n) is 4.68. The highest BCUT2D eigenvalue weighted by Crippen LogP contribution is 2.29. The Bertz CT molecular complexity index is 1170. The fourth-order valence-electron chi connectivity index (χ4n) is 2.82. The summed E-state index contributed by atoms with van der Waals surface area (Å²) in [6.45, 7) is 3.83. The van der Waals surface area contributed by atoms with Crippen LogP contribution in [0.5, 0.6) is 5.75 Å². The Labute approximate surface area is 182 Å². The summed E-state index contributed by atoms with van der Waals surface area (Å²) >= 11 is 5.97. The third-order valence-corrected chi connectivity index (χ3v) is 4.99. The quantitative estimate of drug-likeness (QED) is 0.546. The average molecular weight is 451 g/mol. The van der Waals surface area contributed by atoms with Crippen molar-refractivity contribution in [1.29, 1.82) is 0 Å². The van der Waals surface area contributed by atoms with E-state index in [1.807, 2.05) is 6.92 Å². The number of benzene rings is 2. The number of aromatic nitrogens is 3. The molecule has 1 amide bonds. The second kappa shape index (κ2) is 9.30. The topological polar surface area (TPSA) is 78.2 Å². The molecule has 10 heteroatoms. The molecule has 3 rings (SSSR count). The highest BCUT2D eigenvalue weighted by Gasteiger charge is 2.22. The number of carbonyl (C=O) groups excluding carboxylic acids is 1. The highest BCUT2D eigenvalue weighted by atomic mass is 35.5. The fraction of sp³-hybridized carbons (Fsp3) is 0.286. The third kappa shape index (κ3) is 4.61. The van der Waals surface area contributed by atoms with Crippen molar-refractivity contribution in [3.05, 3.63) is 68.9 Å². The van der Waals surface area contributed by atoms with Gasteiger partial charge in [-0.05, 0) is 31.5 Å². The lowest BCUT2D eigenvalue weighted by Gasteiger charge is -2.15. The van der Waals surface area contributed by atoms with E-state index >= 15 is 0 Å². The second-order valence-electron chi connectivity index (χ2n) is 6.85. The van der Waals surface area contributed by atoms with E-state index in [0.717, 1.165) is 23.2 Å². The molecule has 0 aliphatic carbocycles. The molecule has 164 valence electrons. The molecule has 0 aliphatic rings. The number of halogens is 3. The molecule has 3 aromatic rings. The van der Waals surface area contributed by atoms with Crippen molar-refractivity contribution in [2.75, 3.05) is 11.9 Å². The van der Waals surface area contributed by atoms with Crippen LogP contribution in [0.4, 0.5) is 14.5 Å². The van der Waals surface area contributed by atoms with Gasteiger partial charge in [0, 0.05) is 13.1 Å². The summed E-state index contributed by atoms with van der Waals surface area (Å²) in [6.07, 6.45) is 1.52. The minimum absolute atomic E-state index is 0.00518. The smallest absolute Gasteiger partial charge is 0.350 e. The van der Waals surface area contributed by atoms with Crippen LogP contribution in [0.15, 0.2) is 35.1 Å².